The Labute approximate surface area is 152 Å². The van der Waals surface area contributed by atoms with Crippen LogP contribution in [-0.4, -0.2) is 24.6 Å². The maximum absolute atomic E-state index is 13.1. The van der Waals surface area contributed by atoms with Crippen LogP contribution in [0.5, 0.6) is 0 Å². The number of furan rings is 1. The number of nitrogens with zero attached hydrogens (tertiary/aromatic N) is 1. The molecule has 0 saturated heterocycles. The van der Waals surface area contributed by atoms with Gasteiger partial charge in [0.25, 0.3) is 0 Å². The molecule has 25 heavy (non-hydrogen) atoms. The Balaban J connectivity index is 1.96. The number of carbonyl (C=O) groups excluding carboxylic acids is 2. The highest BCUT2D eigenvalue weighted by Gasteiger charge is 2.47. The van der Waals surface area contributed by atoms with Crippen LogP contribution < -0.4 is 0 Å². The van der Waals surface area contributed by atoms with E-state index in [1.807, 2.05) is 18.2 Å². The summed E-state index contributed by atoms with van der Waals surface area (Å²) in [6.07, 6.45) is 0. The maximum atomic E-state index is 13.1. The summed E-state index contributed by atoms with van der Waals surface area (Å²) in [5.74, 6) is -1.28. The molecule has 5 nitrogen and oxygen atoms in total. The zero-order valence-corrected chi connectivity index (χ0v) is 15.2. The van der Waals surface area contributed by atoms with E-state index in [4.69, 9.17) is 9.15 Å². The van der Waals surface area contributed by atoms with Gasteiger partial charge in [-0.2, -0.15) is 0 Å². The topological polar surface area (TPSA) is 68.9 Å². The molecule has 1 aromatic heterocycles. The van der Waals surface area contributed by atoms with Gasteiger partial charge in [0.2, 0.25) is 0 Å². The van der Waals surface area contributed by atoms with Crippen molar-refractivity contribution in [3.8, 4) is 0 Å². The molecule has 2 heterocycles. The van der Waals surface area contributed by atoms with Gasteiger partial charge in [-0.15, -0.1) is 0 Å². The average Bonchev–Trinajstić information content (AvgIpc) is 3.16. The second-order valence-corrected chi connectivity index (χ2v) is 6.79. The Morgan fingerprint density at radius 2 is 1.92 bits per heavy atom. The highest BCUT2D eigenvalue weighted by Crippen LogP contribution is 2.48. The third-order valence-corrected chi connectivity index (χ3v) is 5.09. The lowest BCUT2D eigenvalue weighted by Gasteiger charge is -2.28. The van der Waals surface area contributed by atoms with Gasteiger partial charge >= 0.3 is 5.97 Å². The Bertz CT molecular complexity index is 969. The largest absolute Gasteiger partial charge is 0.468 e. The highest BCUT2D eigenvalue weighted by molar-refractivity contribution is 9.10. The fourth-order valence-corrected chi connectivity index (χ4v) is 3.90. The number of rotatable bonds is 2. The maximum Gasteiger partial charge on any atom is 0.315 e. The normalized spacial score (nSPS) is 21.7. The highest BCUT2D eigenvalue weighted by atomic mass is 79.9. The Morgan fingerprint density at radius 3 is 2.56 bits per heavy atom. The molecule has 2 atom stereocenters. The first-order chi connectivity index (χ1) is 12.0. The summed E-state index contributed by atoms with van der Waals surface area (Å²) in [6, 6.07) is 10.9. The Kier molecular flexibility index (Phi) is 3.72. The lowest BCUT2D eigenvalue weighted by Crippen LogP contribution is -2.34. The summed E-state index contributed by atoms with van der Waals surface area (Å²) in [7, 11) is 1.33. The Hall–Kier alpha value is -2.47. The second-order valence-electron chi connectivity index (χ2n) is 6.01. The van der Waals surface area contributed by atoms with E-state index in [-0.39, 0.29) is 5.78 Å². The lowest BCUT2D eigenvalue weighted by atomic mass is 9.78. The number of halogens is 1. The van der Waals surface area contributed by atoms with Crippen LogP contribution in [0.15, 0.2) is 56.1 Å². The van der Waals surface area contributed by atoms with E-state index in [1.165, 1.54) is 7.11 Å². The number of carbonyl (C=O) groups is 2. The molecule has 126 valence electrons. The van der Waals surface area contributed by atoms with Crippen LogP contribution in [0.2, 0.25) is 0 Å². The van der Waals surface area contributed by atoms with Gasteiger partial charge in [0, 0.05) is 22.4 Å². The van der Waals surface area contributed by atoms with Crippen molar-refractivity contribution in [2.45, 2.75) is 12.8 Å². The van der Waals surface area contributed by atoms with Gasteiger partial charge in [0.05, 0.1) is 18.7 Å². The molecule has 0 amide bonds. The number of allylic oxidation sites excluding steroid dienone is 1. The van der Waals surface area contributed by atoms with Crippen LogP contribution in [0.4, 0.5) is 0 Å². The zero-order chi connectivity index (χ0) is 17.7. The van der Waals surface area contributed by atoms with Gasteiger partial charge in [-0.05, 0) is 35.0 Å². The minimum atomic E-state index is -0.694. The number of methoxy groups -OCH3 is 1. The van der Waals surface area contributed by atoms with Gasteiger partial charge in [0.1, 0.15) is 11.7 Å². The number of Topliss-reactive ketones (excluding diaryl/α,β-unsaturated/α-hetero) is 1. The molecule has 0 fully saturated rings. The molecule has 6 heteroatoms. The molecule has 0 spiro atoms. The number of hydrogen-bond donors (Lipinski definition) is 0. The van der Waals surface area contributed by atoms with Crippen molar-refractivity contribution in [2.75, 3.05) is 7.11 Å². The third-order valence-electron chi connectivity index (χ3n) is 4.66. The number of benzene rings is 1. The predicted molar refractivity (Wildman–Crippen MR) is 95.5 cm³/mol. The van der Waals surface area contributed by atoms with E-state index >= 15 is 0 Å². The monoisotopic (exact) mass is 399 g/mol. The summed E-state index contributed by atoms with van der Waals surface area (Å²) < 4.78 is 11.2. The van der Waals surface area contributed by atoms with Crippen molar-refractivity contribution in [1.29, 1.82) is 0 Å². The summed E-state index contributed by atoms with van der Waals surface area (Å²) in [5.41, 5.74) is 3.11. The van der Waals surface area contributed by atoms with Crippen molar-refractivity contribution < 1.29 is 18.7 Å². The average molecular weight is 400 g/mol. The first kappa shape index (κ1) is 16.0. The van der Waals surface area contributed by atoms with Crippen LogP contribution in [0.1, 0.15) is 34.5 Å². The summed E-state index contributed by atoms with van der Waals surface area (Å²) in [6.45, 7) is 1.78. The number of esters is 1. The van der Waals surface area contributed by atoms with Crippen molar-refractivity contribution in [1.82, 2.24) is 0 Å². The molecule has 1 aliphatic heterocycles. The van der Waals surface area contributed by atoms with Gasteiger partial charge in [0.15, 0.2) is 10.5 Å². The van der Waals surface area contributed by atoms with Gasteiger partial charge in [-0.3, -0.25) is 14.6 Å². The molecule has 2 aromatic rings. The number of ether oxygens (including phenoxy) is 1. The van der Waals surface area contributed by atoms with E-state index in [0.29, 0.717) is 33.0 Å². The van der Waals surface area contributed by atoms with Crippen LogP contribution in [0.25, 0.3) is 5.70 Å². The van der Waals surface area contributed by atoms with Crippen molar-refractivity contribution in [2.24, 2.45) is 10.9 Å². The minimum absolute atomic E-state index is 0.117. The van der Waals surface area contributed by atoms with Gasteiger partial charge in [-0.25, -0.2) is 0 Å². The molecular formula is C19H14BrNO4. The van der Waals surface area contributed by atoms with E-state index < -0.39 is 17.8 Å². The fourth-order valence-electron chi connectivity index (χ4n) is 3.58. The molecule has 1 aliphatic carbocycles. The summed E-state index contributed by atoms with van der Waals surface area (Å²) >= 11 is 3.29. The predicted octanol–water partition coefficient (Wildman–Crippen LogP) is 4.00. The van der Waals surface area contributed by atoms with E-state index in [9.17, 15) is 9.59 Å². The van der Waals surface area contributed by atoms with Crippen molar-refractivity contribution >= 4 is 39.1 Å². The molecule has 1 unspecified atom stereocenters. The van der Waals surface area contributed by atoms with E-state index in [2.05, 4.69) is 20.9 Å². The molecular weight excluding hydrogens is 386 g/mol. The van der Waals surface area contributed by atoms with Crippen LogP contribution in [0, 0.1) is 5.92 Å². The van der Waals surface area contributed by atoms with Crippen LogP contribution >= 0.6 is 15.9 Å². The van der Waals surface area contributed by atoms with E-state index in [1.54, 1.807) is 25.1 Å². The molecule has 2 aliphatic rings. The number of fused-ring (bicyclic) bond motifs is 2. The SMILES string of the molecule is COC(=O)C1C(C)=NC2=C(C(=O)c3ccccc32)[C@H]1c1ccc(Br)o1. The standard InChI is InChI=1S/C19H14BrNO4/c1-9-14(19(23)24-2)15(12-7-8-13(20)25-12)16-17(21-9)10-5-3-4-6-11(10)18(16)22/h3-8,14-15H,1-2H3/t14?,15-/m0/s1. The molecule has 0 saturated carbocycles. The summed E-state index contributed by atoms with van der Waals surface area (Å²) in [4.78, 5) is 30.1. The molecule has 0 N–H and O–H groups in total. The lowest BCUT2D eigenvalue weighted by molar-refractivity contribution is -0.143. The molecule has 0 bridgehead atoms. The van der Waals surface area contributed by atoms with Crippen LogP contribution in [0.3, 0.4) is 0 Å². The summed E-state index contributed by atoms with van der Waals surface area (Å²) in [5, 5.41) is 0. The first-order valence-electron chi connectivity index (χ1n) is 7.79. The number of hydrogen-bond acceptors (Lipinski definition) is 5. The first-order valence-corrected chi connectivity index (χ1v) is 8.58. The fraction of sp³-hybridized carbons (Fsp3) is 0.211. The minimum Gasteiger partial charge on any atom is -0.468 e. The smallest absolute Gasteiger partial charge is 0.315 e. The zero-order valence-electron chi connectivity index (χ0n) is 13.6. The number of ketones is 1. The second kappa shape index (κ2) is 5.81. The molecule has 1 aromatic carbocycles. The molecule has 0 radical (unpaired) electrons. The van der Waals surface area contributed by atoms with Crippen molar-refractivity contribution in [3.63, 3.8) is 0 Å². The van der Waals surface area contributed by atoms with E-state index in [0.717, 1.165) is 5.56 Å². The van der Waals surface area contributed by atoms with Gasteiger partial charge < -0.3 is 9.15 Å². The quantitative estimate of drug-likeness (QED) is 0.715. The van der Waals surface area contributed by atoms with Gasteiger partial charge in [-0.1, -0.05) is 24.3 Å². The van der Waals surface area contributed by atoms with Crippen LogP contribution in [-0.2, 0) is 9.53 Å². The van der Waals surface area contributed by atoms with Crippen molar-refractivity contribution in [3.05, 3.63) is 63.5 Å². The Morgan fingerprint density at radius 1 is 1.20 bits per heavy atom. The molecule has 4 rings (SSSR count). The number of aliphatic imine (C=N–C) groups is 1. The third kappa shape index (κ3) is 2.32.